The molecule has 1 saturated carbocycles. The molecule has 0 aromatic rings. The second kappa shape index (κ2) is 11.7. The van der Waals surface area contributed by atoms with E-state index in [9.17, 15) is 0 Å². The molecule has 3 nitrogen and oxygen atoms in total. The lowest BCUT2D eigenvalue weighted by atomic mass is 9.80. The van der Waals surface area contributed by atoms with Crippen molar-refractivity contribution in [3.05, 3.63) is 0 Å². The van der Waals surface area contributed by atoms with Crippen LogP contribution in [0.25, 0.3) is 0 Å². The van der Waals surface area contributed by atoms with Crippen LogP contribution in [-0.4, -0.2) is 39.9 Å². The maximum atomic E-state index is 5.00. The van der Waals surface area contributed by atoms with Crippen LogP contribution in [0.2, 0.25) is 0 Å². The molecule has 0 spiro atoms. The van der Waals surface area contributed by atoms with Gasteiger partial charge >= 0.3 is 0 Å². The SMILES string of the molecule is CCCCC1CCC(CNCCNCCOC)CC1. The highest BCUT2D eigenvalue weighted by atomic mass is 16.5. The van der Waals surface area contributed by atoms with Crippen molar-refractivity contribution in [1.29, 1.82) is 0 Å². The molecule has 0 unspecified atom stereocenters. The lowest BCUT2D eigenvalue weighted by molar-refractivity contribution is 0.199. The molecule has 0 aromatic heterocycles. The summed E-state index contributed by atoms with van der Waals surface area (Å²) in [6.07, 6.45) is 10.1. The van der Waals surface area contributed by atoms with Crippen LogP contribution < -0.4 is 10.6 Å². The Labute approximate surface area is 119 Å². The Morgan fingerprint density at radius 2 is 1.63 bits per heavy atom. The predicted molar refractivity (Wildman–Crippen MR) is 82.6 cm³/mol. The molecule has 19 heavy (non-hydrogen) atoms. The number of rotatable bonds is 11. The van der Waals surface area contributed by atoms with E-state index in [0.29, 0.717) is 0 Å². The van der Waals surface area contributed by atoms with Crippen LogP contribution in [0.15, 0.2) is 0 Å². The largest absolute Gasteiger partial charge is 0.383 e. The van der Waals surface area contributed by atoms with Gasteiger partial charge in [-0.3, -0.25) is 0 Å². The van der Waals surface area contributed by atoms with Gasteiger partial charge in [0.15, 0.2) is 0 Å². The molecule has 1 aliphatic carbocycles. The highest BCUT2D eigenvalue weighted by Crippen LogP contribution is 2.31. The van der Waals surface area contributed by atoms with Crippen LogP contribution in [0.1, 0.15) is 51.9 Å². The van der Waals surface area contributed by atoms with Crippen LogP contribution in [0.5, 0.6) is 0 Å². The van der Waals surface area contributed by atoms with E-state index >= 15 is 0 Å². The molecule has 3 heteroatoms. The van der Waals surface area contributed by atoms with Crippen molar-refractivity contribution < 1.29 is 4.74 Å². The molecule has 0 amide bonds. The van der Waals surface area contributed by atoms with Gasteiger partial charge in [0.2, 0.25) is 0 Å². The number of nitrogens with one attached hydrogen (secondary N) is 2. The Morgan fingerprint density at radius 1 is 0.947 bits per heavy atom. The summed E-state index contributed by atoms with van der Waals surface area (Å²) in [7, 11) is 1.75. The normalized spacial score (nSPS) is 23.7. The maximum absolute atomic E-state index is 5.00. The molecule has 114 valence electrons. The number of hydrogen-bond donors (Lipinski definition) is 2. The fraction of sp³-hybridized carbons (Fsp3) is 1.00. The molecule has 0 atom stereocenters. The predicted octanol–water partition coefficient (Wildman–Crippen LogP) is 2.81. The first-order valence-corrected chi connectivity index (χ1v) is 8.27. The van der Waals surface area contributed by atoms with E-state index in [1.54, 1.807) is 7.11 Å². The summed E-state index contributed by atoms with van der Waals surface area (Å²) < 4.78 is 5.00. The summed E-state index contributed by atoms with van der Waals surface area (Å²) in [5.41, 5.74) is 0. The molecule has 1 rings (SSSR count). The summed E-state index contributed by atoms with van der Waals surface area (Å²) in [4.78, 5) is 0. The summed E-state index contributed by atoms with van der Waals surface area (Å²) in [6, 6.07) is 0. The van der Waals surface area contributed by atoms with Crippen molar-refractivity contribution in [1.82, 2.24) is 10.6 Å². The second-order valence-corrected chi connectivity index (χ2v) is 5.98. The van der Waals surface area contributed by atoms with Crippen LogP contribution >= 0.6 is 0 Å². The summed E-state index contributed by atoms with van der Waals surface area (Å²) in [5.74, 6) is 1.96. The monoisotopic (exact) mass is 270 g/mol. The van der Waals surface area contributed by atoms with Gasteiger partial charge in [-0.15, -0.1) is 0 Å². The fourth-order valence-electron chi connectivity index (χ4n) is 3.00. The van der Waals surface area contributed by atoms with E-state index in [4.69, 9.17) is 4.74 Å². The average Bonchev–Trinajstić information content (AvgIpc) is 2.45. The zero-order valence-corrected chi connectivity index (χ0v) is 13.0. The van der Waals surface area contributed by atoms with Crippen LogP contribution in [0, 0.1) is 11.8 Å². The third-order valence-corrected chi connectivity index (χ3v) is 4.33. The lowest BCUT2D eigenvalue weighted by Crippen LogP contribution is -2.33. The standard InChI is InChI=1S/C16H34N2O/c1-3-4-5-15-6-8-16(9-7-15)14-18-11-10-17-12-13-19-2/h15-18H,3-14H2,1-2H3. The molecule has 0 radical (unpaired) electrons. The highest BCUT2D eigenvalue weighted by Gasteiger charge is 2.20. The van der Waals surface area contributed by atoms with E-state index in [0.717, 1.165) is 38.1 Å². The number of hydrogen-bond acceptors (Lipinski definition) is 3. The number of unbranched alkanes of at least 4 members (excludes halogenated alkanes) is 1. The first-order valence-electron chi connectivity index (χ1n) is 8.27. The van der Waals surface area contributed by atoms with Crippen LogP contribution in [-0.2, 0) is 4.74 Å². The Balaban J connectivity index is 1.89. The van der Waals surface area contributed by atoms with Gasteiger partial charge in [0.1, 0.15) is 0 Å². The lowest BCUT2D eigenvalue weighted by Gasteiger charge is -2.28. The minimum Gasteiger partial charge on any atom is -0.383 e. The molecule has 0 bridgehead atoms. The van der Waals surface area contributed by atoms with Crippen molar-refractivity contribution in [2.45, 2.75) is 51.9 Å². The van der Waals surface area contributed by atoms with Crippen molar-refractivity contribution in [2.24, 2.45) is 11.8 Å². The summed E-state index contributed by atoms with van der Waals surface area (Å²) in [6.45, 7) is 7.42. The van der Waals surface area contributed by atoms with Crippen molar-refractivity contribution >= 4 is 0 Å². The maximum Gasteiger partial charge on any atom is 0.0587 e. The summed E-state index contributed by atoms with van der Waals surface area (Å²) in [5, 5.41) is 6.95. The first-order chi connectivity index (χ1) is 9.36. The van der Waals surface area contributed by atoms with Gasteiger partial charge in [-0.2, -0.15) is 0 Å². The van der Waals surface area contributed by atoms with Crippen molar-refractivity contribution in [3.63, 3.8) is 0 Å². The van der Waals surface area contributed by atoms with Gasteiger partial charge in [0.05, 0.1) is 6.61 Å². The molecular weight excluding hydrogens is 236 g/mol. The van der Waals surface area contributed by atoms with E-state index in [1.165, 1.54) is 51.5 Å². The van der Waals surface area contributed by atoms with E-state index < -0.39 is 0 Å². The zero-order chi connectivity index (χ0) is 13.8. The molecule has 0 aromatic carbocycles. The molecule has 1 aliphatic rings. The van der Waals surface area contributed by atoms with E-state index in [1.807, 2.05) is 0 Å². The molecule has 0 saturated heterocycles. The van der Waals surface area contributed by atoms with Crippen molar-refractivity contribution in [2.75, 3.05) is 39.9 Å². The minimum atomic E-state index is 0.807. The Kier molecular flexibility index (Phi) is 10.4. The first kappa shape index (κ1) is 16.9. The van der Waals surface area contributed by atoms with Gasteiger partial charge < -0.3 is 15.4 Å². The molecule has 2 N–H and O–H groups in total. The Bertz CT molecular complexity index is 191. The molecule has 1 fully saturated rings. The average molecular weight is 270 g/mol. The number of ether oxygens (including phenoxy) is 1. The quantitative estimate of drug-likeness (QED) is 0.566. The van der Waals surface area contributed by atoms with Gasteiger partial charge in [-0.05, 0) is 31.2 Å². The van der Waals surface area contributed by atoms with E-state index in [-0.39, 0.29) is 0 Å². The minimum absolute atomic E-state index is 0.807. The Morgan fingerprint density at radius 3 is 2.32 bits per heavy atom. The third kappa shape index (κ3) is 8.61. The summed E-state index contributed by atoms with van der Waals surface area (Å²) >= 11 is 0. The van der Waals surface area contributed by atoms with Gasteiger partial charge in [-0.25, -0.2) is 0 Å². The van der Waals surface area contributed by atoms with Crippen molar-refractivity contribution in [3.8, 4) is 0 Å². The zero-order valence-electron chi connectivity index (χ0n) is 13.0. The third-order valence-electron chi connectivity index (χ3n) is 4.33. The molecular formula is C16H34N2O. The fourth-order valence-corrected chi connectivity index (χ4v) is 3.00. The van der Waals surface area contributed by atoms with Gasteiger partial charge in [0.25, 0.3) is 0 Å². The van der Waals surface area contributed by atoms with Gasteiger partial charge in [0, 0.05) is 26.7 Å². The smallest absolute Gasteiger partial charge is 0.0587 e. The molecule has 0 aliphatic heterocycles. The highest BCUT2D eigenvalue weighted by molar-refractivity contribution is 4.74. The van der Waals surface area contributed by atoms with E-state index in [2.05, 4.69) is 17.6 Å². The van der Waals surface area contributed by atoms with Crippen LogP contribution in [0.3, 0.4) is 0 Å². The Hall–Kier alpha value is -0.120. The molecule has 0 heterocycles. The van der Waals surface area contributed by atoms with Crippen LogP contribution in [0.4, 0.5) is 0 Å². The second-order valence-electron chi connectivity index (χ2n) is 5.98. The number of methoxy groups -OCH3 is 1. The van der Waals surface area contributed by atoms with Gasteiger partial charge in [-0.1, -0.05) is 39.0 Å². The topological polar surface area (TPSA) is 33.3 Å².